The topological polar surface area (TPSA) is 35.7 Å². The van der Waals surface area contributed by atoms with E-state index < -0.39 is 0 Å². The third kappa shape index (κ3) is 12.6. The third-order valence-corrected chi connectivity index (χ3v) is 3.35. The van der Waals surface area contributed by atoms with Crippen LogP contribution in [-0.4, -0.2) is 82.2 Å². The van der Waals surface area contributed by atoms with E-state index in [2.05, 4.69) is 48.5 Å². The van der Waals surface area contributed by atoms with Gasteiger partial charge in [0.25, 0.3) is 0 Å². The van der Waals surface area contributed by atoms with Crippen LogP contribution in [-0.2, 0) is 0 Å². The first kappa shape index (κ1) is 21.1. The molecule has 2 aliphatic rings. The maximum absolute atomic E-state index is 4.50. The second-order valence-corrected chi connectivity index (χ2v) is 5.26. The third-order valence-electron chi connectivity index (χ3n) is 3.35. The Balaban J connectivity index is 0. The molecule has 2 N–H and O–H groups in total. The maximum Gasteiger partial charge on any atom is 0.0107 e. The predicted molar refractivity (Wildman–Crippen MR) is 87.7 cm³/mol. The lowest BCUT2D eigenvalue weighted by Gasteiger charge is -2.28. The molecule has 0 aromatic carbocycles. The lowest BCUT2D eigenvalue weighted by Crippen LogP contribution is -2.42. The van der Waals surface area contributed by atoms with Gasteiger partial charge in [-0.2, -0.15) is 0 Å². The summed E-state index contributed by atoms with van der Waals surface area (Å²) in [5.41, 5.74) is 4.50. The average molecular weight is 274 g/mol. The van der Waals surface area contributed by atoms with Crippen molar-refractivity contribution in [1.29, 1.82) is 0 Å². The molecule has 0 amide bonds. The van der Waals surface area contributed by atoms with Crippen LogP contribution in [0.15, 0.2) is 0 Å². The van der Waals surface area contributed by atoms with Crippen molar-refractivity contribution in [2.45, 2.75) is 27.2 Å². The minimum atomic E-state index is 0.949. The molecule has 0 radical (unpaired) electrons. The van der Waals surface area contributed by atoms with Crippen molar-refractivity contribution in [2.24, 2.45) is 11.7 Å². The maximum atomic E-state index is 4.50. The van der Waals surface area contributed by atoms with Gasteiger partial charge in [0, 0.05) is 32.7 Å². The van der Waals surface area contributed by atoms with Crippen LogP contribution in [0.1, 0.15) is 27.2 Å². The highest BCUT2D eigenvalue weighted by atomic mass is 15.2. The van der Waals surface area contributed by atoms with Gasteiger partial charge in [0.1, 0.15) is 0 Å². The Hall–Kier alpha value is -0.160. The summed E-state index contributed by atoms with van der Waals surface area (Å²) in [6, 6.07) is 0. The zero-order chi connectivity index (χ0) is 15.3. The highest BCUT2D eigenvalue weighted by Crippen LogP contribution is 2.11. The van der Waals surface area contributed by atoms with Crippen LogP contribution in [0.4, 0.5) is 0 Å². The molecule has 118 valence electrons. The van der Waals surface area contributed by atoms with Crippen molar-refractivity contribution in [3.8, 4) is 0 Å². The van der Waals surface area contributed by atoms with Gasteiger partial charge < -0.3 is 20.4 Å². The Morgan fingerprint density at radius 3 is 1.26 bits per heavy atom. The highest BCUT2D eigenvalue weighted by molar-refractivity contribution is 4.67. The van der Waals surface area contributed by atoms with Gasteiger partial charge in [0.05, 0.1) is 0 Å². The summed E-state index contributed by atoms with van der Waals surface area (Å²) in [5, 5.41) is 0. The summed E-state index contributed by atoms with van der Waals surface area (Å²) in [4.78, 5) is 7.10. The monoisotopic (exact) mass is 274 g/mol. The molecule has 0 aliphatic carbocycles. The van der Waals surface area contributed by atoms with Crippen LogP contribution in [0.25, 0.3) is 0 Å². The normalized spacial score (nSPS) is 24.3. The molecule has 4 heteroatoms. The standard InChI is InChI=1S/C6H14N2.C6H13N.C2H6.CH5N/c1-7-3-5-8(2)6-4-7;1-6-3-4-7(2)5-6;2*1-2/h3-6H2,1-2H3;6H,3-5H2,1-2H3;1-2H3;2H2,1H3. The van der Waals surface area contributed by atoms with Gasteiger partial charge in [-0.1, -0.05) is 20.8 Å². The fourth-order valence-corrected chi connectivity index (χ4v) is 2.06. The summed E-state index contributed by atoms with van der Waals surface area (Å²) >= 11 is 0. The van der Waals surface area contributed by atoms with Gasteiger partial charge in [-0.25, -0.2) is 0 Å². The van der Waals surface area contributed by atoms with Crippen molar-refractivity contribution < 1.29 is 0 Å². The van der Waals surface area contributed by atoms with E-state index >= 15 is 0 Å². The van der Waals surface area contributed by atoms with E-state index in [1.54, 1.807) is 0 Å². The number of rotatable bonds is 0. The number of piperazine rings is 1. The van der Waals surface area contributed by atoms with Crippen LogP contribution in [0.3, 0.4) is 0 Å². The van der Waals surface area contributed by atoms with Crippen molar-refractivity contribution >= 4 is 0 Å². The lowest BCUT2D eigenvalue weighted by atomic mass is 10.2. The quantitative estimate of drug-likeness (QED) is 0.725. The molecule has 0 aromatic heterocycles. The van der Waals surface area contributed by atoms with Crippen molar-refractivity contribution in [1.82, 2.24) is 14.7 Å². The predicted octanol–water partition coefficient (Wildman–Crippen LogP) is 1.42. The number of likely N-dealkylation sites (N-methyl/N-ethyl adjacent to an activating group) is 2. The molecular formula is C15H38N4. The lowest BCUT2D eigenvalue weighted by molar-refractivity contribution is 0.181. The van der Waals surface area contributed by atoms with Gasteiger partial charge in [-0.15, -0.1) is 0 Å². The van der Waals surface area contributed by atoms with Crippen molar-refractivity contribution in [3.63, 3.8) is 0 Å². The molecule has 1 atom stereocenters. The van der Waals surface area contributed by atoms with E-state index in [0.717, 1.165) is 5.92 Å². The molecule has 0 saturated carbocycles. The first-order valence-electron chi connectivity index (χ1n) is 7.71. The van der Waals surface area contributed by atoms with Crippen LogP contribution in [0, 0.1) is 5.92 Å². The first-order valence-corrected chi connectivity index (χ1v) is 7.71. The minimum Gasteiger partial charge on any atom is -0.333 e. The molecule has 1 unspecified atom stereocenters. The minimum absolute atomic E-state index is 0.949. The van der Waals surface area contributed by atoms with Crippen LogP contribution in [0.2, 0.25) is 0 Å². The van der Waals surface area contributed by atoms with E-state index in [1.807, 2.05) is 13.8 Å². The summed E-state index contributed by atoms with van der Waals surface area (Å²) in [6.07, 6.45) is 1.40. The van der Waals surface area contributed by atoms with E-state index in [-0.39, 0.29) is 0 Å². The largest absolute Gasteiger partial charge is 0.333 e. The summed E-state index contributed by atoms with van der Waals surface area (Å²) in [7, 11) is 8.03. The molecule has 2 fully saturated rings. The molecule has 2 rings (SSSR count). The van der Waals surface area contributed by atoms with E-state index in [4.69, 9.17) is 0 Å². The molecule has 0 aromatic rings. The second kappa shape index (κ2) is 14.3. The zero-order valence-corrected chi connectivity index (χ0v) is 14.4. The summed E-state index contributed by atoms with van der Waals surface area (Å²) in [5.74, 6) is 0.949. The molecular weight excluding hydrogens is 236 g/mol. The second-order valence-electron chi connectivity index (χ2n) is 5.26. The summed E-state index contributed by atoms with van der Waals surface area (Å²) in [6.45, 7) is 13.9. The highest BCUT2D eigenvalue weighted by Gasteiger charge is 2.13. The Labute approximate surface area is 121 Å². The Morgan fingerprint density at radius 2 is 1.11 bits per heavy atom. The fourth-order valence-electron chi connectivity index (χ4n) is 2.06. The van der Waals surface area contributed by atoms with Crippen LogP contribution >= 0.6 is 0 Å². The number of nitrogens with two attached hydrogens (primary N) is 1. The molecule has 19 heavy (non-hydrogen) atoms. The fraction of sp³-hybridized carbons (Fsp3) is 1.00. The van der Waals surface area contributed by atoms with Crippen LogP contribution < -0.4 is 5.73 Å². The molecule has 0 spiro atoms. The zero-order valence-electron chi connectivity index (χ0n) is 14.4. The number of nitrogens with zero attached hydrogens (tertiary/aromatic N) is 3. The van der Waals surface area contributed by atoms with Gasteiger partial charge in [0.15, 0.2) is 0 Å². The number of hydrogen-bond acceptors (Lipinski definition) is 4. The molecule has 2 saturated heterocycles. The van der Waals surface area contributed by atoms with Crippen molar-refractivity contribution in [2.75, 3.05) is 67.5 Å². The van der Waals surface area contributed by atoms with Crippen LogP contribution in [0.5, 0.6) is 0 Å². The van der Waals surface area contributed by atoms with Gasteiger partial charge >= 0.3 is 0 Å². The molecule has 2 heterocycles. The first-order chi connectivity index (χ1) is 9.08. The van der Waals surface area contributed by atoms with E-state index in [9.17, 15) is 0 Å². The number of likely N-dealkylation sites (tertiary alicyclic amines) is 1. The SMILES string of the molecule is CC.CC1CCN(C)C1.CN.CN1CCN(C)CC1. The molecule has 4 nitrogen and oxygen atoms in total. The smallest absolute Gasteiger partial charge is 0.0107 e. The Morgan fingerprint density at radius 1 is 0.737 bits per heavy atom. The van der Waals surface area contributed by atoms with Crippen molar-refractivity contribution in [3.05, 3.63) is 0 Å². The Kier molecular flexibility index (Phi) is 15.9. The molecule has 2 aliphatic heterocycles. The number of hydrogen-bond donors (Lipinski definition) is 1. The van der Waals surface area contributed by atoms with Gasteiger partial charge in [0.2, 0.25) is 0 Å². The average Bonchev–Trinajstić information content (AvgIpc) is 2.82. The molecule has 0 bridgehead atoms. The Bertz CT molecular complexity index is 150. The summed E-state index contributed by atoms with van der Waals surface area (Å²) < 4.78 is 0. The van der Waals surface area contributed by atoms with Gasteiger partial charge in [-0.05, 0) is 47.1 Å². The van der Waals surface area contributed by atoms with E-state index in [1.165, 1.54) is 52.7 Å². The van der Waals surface area contributed by atoms with Gasteiger partial charge in [-0.3, -0.25) is 0 Å². The van der Waals surface area contributed by atoms with E-state index in [0.29, 0.717) is 0 Å².